The number of nitrogens with two attached hydrogens (primary N) is 2. The van der Waals surface area contributed by atoms with Gasteiger partial charge in [0, 0.05) is 17.1 Å². The summed E-state index contributed by atoms with van der Waals surface area (Å²) in [5, 5.41) is 3.24. The van der Waals surface area contributed by atoms with E-state index in [0.29, 0.717) is 22.7 Å². The summed E-state index contributed by atoms with van der Waals surface area (Å²) in [7, 11) is -3.56. The molecule has 0 heterocycles. The molecular formula is C18H19N5O2S. The highest BCUT2D eigenvalue weighted by Crippen LogP contribution is 2.19. The molecule has 0 fully saturated rings. The van der Waals surface area contributed by atoms with Crippen LogP contribution in [0, 0.1) is 5.53 Å². The molecule has 134 valence electrons. The van der Waals surface area contributed by atoms with Crippen LogP contribution in [-0.2, 0) is 10.0 Å². The molecule has 3 aromatic carbocycles. The minimum absolute atomic E-state index is 0.208. The Kier molecular flexibility index (Phi) is 6.29. The van der Waals surface area contributed by atoms with Crippen LogP contribution in [0.5, 0.6) is 0 Å². The molecule has 0 spiro atoms. The van der Waals surface area contributed by atoms with E-state index in [0.717, 1.165) is 0 Å². The van der Waals surface area contributed by atoms with E-state index in [1.807, 2.05) is 6.07 Å². The summed E-state index contributed by atoms with van der Waals surface area (Å²) in [5.41, 5.74) is 19.9. The summed E-state index contributed by atoms with van der Waals surface area (Å²) in [6, 6.07) is 21.5. The summed E-state index contributed by atoms with van der Waals surface area (Å²) in [6.07, 6.45) is 0. The first-order valence-electron chi connectivity index (χ1n) is 7.57. The molecule has 26 heavy (non-hydrogen) atoms. The van der Waals surface area contributed by atoms with E-state index in [1.165, 1.54) is 12.1 Å². The normalized spacial score (nSPS) is 10.3. The first-order chi connectivity index (χ1) is 12.4. The monoisotopic (exact) mass is 369 g/mol. The molecule has 0 bridgehead atoms. The number of rotatable bonds is 4. The molecule has 6 N–H and O–H groups in total. The Morgan fingerprint density at radius 1 is 0.808 bits per heavy atom. The maximum absolute atomic E-state index is 12.0. The van der Waals surface area contributed by atoms with Crippen molar-refractivity contribution < 1.29 is 8.42 Å². The molecular weight excluding hydrogens is 350 g/mol. The zero-order valence-corrected chi connectivity index (χ0v) is 14.6. The molecule has 0 aromatic heterocycles. The number of sulfonamides is 1. The molecule has 8 heteroatoms. The zero-order chi connectivity index (χ0) is 19.0. The van der Waals surface area contributed by atoms with Crippen LogP contribution in [0.3, 0.4) is 0 Å². The quantitative estimate of drug-likeness (QED) is 0.408. The van der Waals surface area contributed by atoms with Crippen molar-refractivity contribution in [3.63, 3.8) is 0 Å². The fourth-order valence-corrected chi connectivity index (χ4v) is 3.06. The lowest BCUT2D eigenvalue weighted by Crippen LogP contribution is -2.12. The lowest BCUT2D eigenvalue weighted by Gasteiger charge is -2.07. The molecule has 0 aliphatic carbocycles. The van der Waals surface area contributed by atoms with Crippen molar-refractivity contribution in [1.82, 2.24) is 0 Å². The van der Waals surface area contributed by atoms with Gasteiger partial charge in [0.25, 0.3) is 10.0 Å². The van der Waals surface area contributed by atoms with E-state index >= 15 is 0 Å². The Morgan fingerprint density at radius 2 is 1.38 bits per heavy atom. The van der Waals surface area contributed by atoms with E-state index in [9.17, 15) is 8.42 Å². The van der Waals surface area contributed by atoms with Crippen LogP contribution in [0.1, 0.15) is 0 Å². The van der Waals surface area contributed by atoms with Gasteiger partial charge in [0.15, 0.2) is 0 Å². The van der Waals surface area contributed by atoms with Gasteiger partial charge in [-0.1, -0.05) is 24.3 Å². The van der Waals surface area contributed by atoms with Gasteiger partial charge >= 0.3 is 0 Å². The molecule has 0 saturated carbocycles. The van der Waals surface area contributed by atoms with E-state index < -0.39 is 10.0 Å². The Balaban J connectivity index is 0.000000254. The first-order valence-corrected chi connectivity index (χ1v) is 9.05. The Hall–Kier alpha value is -3.39. The smallest absolute Gasteiger partial charge is 0.261 e. The van der Waals surface area contributed by atoms with Crippen LogP contribution < -0.4 is 16.2 Å². The minimum atomic E-state index is -3.56. The summed E-state index contributed by atoms with van der Waals surface area (Å²) in [4.78, 5) is 0.208. The van der Waals surface area contributed by atoms with Crippen LogP contribution in [-0.4, -0.2) is 8.42 Å². The zero-order valence-electron chi connectivity index (χ0n) is 13.8. The van der Waals surface area contributed by atoms with E-state index in [1.54, 1.807) is 60.7 Å². The van der Waals surface area contributed by atoms with E-state index in [-0.39, 0.29) is 4.90 Å². The standard InChI is InChI=1S/C12H11N3O2S.C6H8N2/c13-14-10-6-8-11(9-7-10)15-18(16,17)12-4-2-1-3-5-12;7-5-2-1-3-6(8)4-5/h1-9,13,15H;1-4H,7-8H2. The number of nitrogens with one attached hydrogen (secondary N) is 2. The second-order valence-electron chi connectivity index (χ2n) is 5.25. The average molecular weight is 369 g/mol. The fourth-order valence-electron chi connectivity index (χ4n) is 1.98. The van der Waals surface area contributed by atoms with Gasteiger partial charge in [0.2, 0.25) is 0 Å². The average Bonchev–Trinajstić information content (AvgIpc) is 2.63. The molecule has 0 saturated heterocycles. The van der Waals surface area contributed by atoms with Gasteiger partial charge in [-0.05, 0) is 54.6 Å². The van der Waals surface area contributed by atoms with Gasteiger partial charge < -0.3 is 11.5 Å². The highest BCUT2D eigenvalue weighted by Gasteiger charge is 2.12. The highest BCUT2D eigenvalue weighted by molar-refractivity contribution is 7.92. The number of nitrogens with zero attached hydrogens (tertiary/aromatic N) is 1. The predicted molar refractivity (Wildman–Crippen MR) is 104 cm³/mol. The number of benzene rings is 3. The molecule has 7 nitrogen and oxygen atoms in total. The maximum atomic E-state index is 12.0. The van der Waals surface area contributed by atoms with Crippen LogP contribution in [0.2, 0.25) is 0 Å². The topological polar surface area (TPSA) is 134 Å². The molecule has 0 atom stereocenters. The van der Waals surface area contributed by atoms with Crippen LogP contribution in [0.4, 0.5) is 22.7 Å². The van der Waals surface area contributed by atoms with Gasteiger partial charge in [-0.2, -0.15) is 5.11 Å². The summed E-state index contributed by atoms with van der Waals surface area (Å²) < 4.78 is 26.4. The summed E-state index contributed by atoms with van der Waals surface area (Å²) >= 11 is 0. The Morgan fingerprint density at radius 3 is 1.85 bits per heavy atom. The molecule has 0 aliphatic heterocycles. The van der Waals surface area contributed by atoms with Gasteiger partial charge in [-0.3, -0.25) is 4.72 Å². The Labute approximate surface area is 152 Å². The third kappa shape index (κ3) is 5.60. The second kappa shape index (κ2) is 8.63. The van der Waals surface area contributed by atoms with E-state index in [4.69, 9.17) is 17.0 Å². The molecule has 3 rings (SSSR count). The minimum Gasteiger partial charge on any atom is -0.399 e. The SMILES string of the molecule is N=Nc1ccc(NS(=O)(=O)c2ccccc2)cc1.Nc1cccc(N)c1. The lowest BCUT2D eigenvalue weighted by molar-refractivity contribution is 0.601. The van der Waals surface area contributed by atoms with Crippen LogP contribution in [0.25, 0.3) is 0 Å². The van der Waals surface area contributed by atoms with Gasteiger partial charge in [0.05, 0.1) is 10.6 Å². The summed E-state index contributed by atoms with van der Waals surface area (Å²) in [5.74, 6) is 0. The largest absolute Gasteiger partial charge is 0.399 e. The predicted octanol–water partition coefficient (Wildman–Crippen LogP) is 4.00. The third-order valence-corrected chi connectivity index (χ3v) is 4.61. The highest BCUT2D eigenvalue weighted by atomic mass is 32.2. The molecule has 3 aromatic rings. The van der Waals surface area contributed by atoms with E-state index in [2.05, 4.69) is 9.84 Å². The molecule has 0 aliphatic rings. The molecule has 0 radical (unpaired) electrons. The van der Waals surface area contributed by atoms with Crippen molar-refractivity contribution in [2.75, 3.05) is 16.2 Å². The van der Waals surface area contributed by atoms with Crippen molar-refractivity contribution in [1.29, 1.82) is 5.53 Å². The molecule has 0 amide bonds. The third-order valence-electron chi connectivity index (χ3n) is 3.21. The van der Waals surface area contributed by atoms with Crippen LogP contribution in [0.15, 0.2) is 88.9 Å². The van der Waals surface area contributed by atoms with Crippen molar-refractivity contribution in [2.24, 2.45) is 5.11 Å². The fraction of sp³-hybridized carbons (Fsp3) is 0. The van der Waals surface area contributed by atoms with Gasteiger partial charge in [-0.25, -0.2) is 13.9 Å². The number of nitrogen functional groups attached to an aromatic ring is 2. The Bertz CT molecular complexity index is 941. The number of anilines is 3. The van der Waals surface area contributed by atoms with Gasteiger partial charge in [-0.15, -0.1) is 0 Å². The van der Waals surface area contributed by atoms with Gasteiger partial charge in [0.1, 0.15) is 0 Å². The van der Waals surface area contributed by atoms with Crippen molar-refractivity contribution >= 4 is 32.8 Å². The first kappa shape index (κ1) is 18.9. The van der Waals surface area contributed by atoms with Crippen molar-refractivity contribution in [2.45, 2.75) is 4.90 Å². The summed E-state index contributed by atoms with van der Waals surface area (Å²) in [6.45, 7) is 0. The maximum Gasteiger partial charge on any atom is 0.261 e. The second-order valence-corrected chi connectivity index (χ2v) is 6.93. The number of hydrogen-bond donors (Lipinski definition) is 4. The van der Waals surface area contributed by atoms with Crippen molar-refractivity contribution in [3.8, 4) is 0 Å². The van der Waals surface area contributed by atoms with Crippen molar-refractivity contribution in [3.05, 3.63) is 78.9 Å². The number of hydrogen-bond acceptors (Lipinski definition) is 6. The molecule has 0 unspecified atom stereocenters. The lowest BCUT2D eigenvalue weighted by atomic mass is 10.3. The van der Waals surface area contributed by atoms with Crippen LogP contribution >= 0.6 is 0 Å².